The number of likely N-dealkylation sites (N-methyl/N-ethyl adjacent to an activating group) is 1. The van der Waals surface area contributed by atoms with Crippen LogP contribution in [0.1, 0.15) is 23.0 Å². The Bertz CT molecular complexity index is 808. The van der Waals surface area contributed by atoms with E-state index in [9.17, 15) is 9.59 Å². The monoisotopic (exact) mass is 374 g/mol. The maximum absolute atomic E-state index is 13.4. The summed E-state index contributed by atoms with van der Waals surface area (Å²) in [6.07, 6.45) is 4.27. The molecule has 2 aromatic carbocycles. The van der Waals surface area contributed by atoms with E-state index in [-0.39, 0.29) is 35.5 Å². The number of nitrogens with zero attached hydrogens (tertiary/aromatic N) is 2. The maximum Gasteiger partial charge on any atom is 0.234 e. The number of likely N-dealkylation sites (tertiary alicyclic amines) is 1. The Hall–Kier alpha value is -2.72. The first-order chi connectivity index (χ1) is 13.6. The Morgan fingerprint density at radius 1 is 0.750 bits per heavy atom. The summed E-state index contributed by atoms with van der Waals surface area (Å²) in [4.78, 5) is 30.3. The number of hydrogen-bond donors (Lipinski definition) is 0. The molecule has 144 valence electrons. The standard InChI is InChI=1S/C24H26N2O2/c1-25(2)15-16-26-23(27)21-19(17-9-5-3-6-10-17)13-14-20(22(21)24(26)28)18-11-7-4-8-12-18/h3-14,19-22H,15-16H2,1-2H3/t19-,20+,21-,22-/m0/s1. The van der Waals surface area contributed by atoms with E-state index in [0.29, 0.717) is 13.1 Å². The lowest BCUT2D eigenvalue weighted by atomic mass is 9.68. The molecule has 28 heavy (non-hydrogen) atoms. The summed E-state index contributed by atoms with van der Waals surface area (Å²) in [6.45, 7) is 1.12. The van der Waals surface area contributed by atoms with Gasteiger partial charge in [-0.25, -0.2) is 0 Å². The smallest absolute Gasteiger partial charge is 0.234 e. The molecule has 0 N–H and O–H groups in total. The summed E-state index contributed by atoms with van der Waals surface area (Å²) in [5.41, 5.74) is 2.19. The maximum atomic E-state index is 13.4. The second kappa shape index (κ2) is 7.72. The van der Waals surface area contributed by atoms with Gasteiger partial charge >= 0.3 is 0 Å². The molecule has 1 heterocycles. The minimum absolute atomic E-state index is 0.0315. The van der Waals surface area contributed by atoms with Crippen LogP contribution in [-0.4, -0.2) is 48.8 Å². The molecule has 0 unspecified atom stereocenters. The van der Waals surface area contributed by atoms with Crippen LogP contribution < -0.4 is 0 Å². The minimum Gasteiger partial charge on any atom is -0.308 e. The number of benzene rings is 2. The molecule has 2 amide bonds. The molecule has 4 heteroatoms. The van der Waals surface area contributed by atoms with Crippen LogP contribution >= 0.6 is 0 Å². The van der Waals surface area contributed by atoms with Crippen LogP contribution in [0.15, 0.2) is 72.8 Å². The molecule has 1 saturated heterocycles. The highest BCUT2D eigenvalue weighted by atomic mass is 16.2. The lowest BCUT2D eigenvalue weighted by Gasteiger charge is -2.32. The number of amides is 2. The number of carbonyl (C=O) groups is 2. The average Bonchev–Trinajstić information content (AvgIpc) is 2.98. The summed E-state index contributed by atoms with van der Waals surface area (Å²) in [5, 5.41) is 0. The van der Waals surface area contributed by atoms with Crippen LogP contribution in [0.3, 0.4) is 0 Å². The Morgan fingerprint density at radius 3 is 1.57 bits per heavy atom. The van der Waals surface area contributed by atoms with Gasteiger partial charge in [0.15, 0.2) is 0 Å². The van der Waals surface area contributed by atoms with Gasteiger partial charge in [-0.2, -0.15) is 0 Å². The van der Waals surface area contributed by atoms with Crippen LogP contribution in [0, 0.1) is 11.8 Å². The number of fused-ring (bicyclic) bond motifs is 1. The van der Waals surface area contributed by atoms with E-state index in [1.54, 1.807) is 0 Å². The van der Waals surface area contributed by atoms with E-state index < -0.39 is 0 Å². The Balaban J connectivity index is 1.75. The number of imide groups is 1. The van der Waals surface area contributed by atoms with Crippen molar-refractivity contribution in [3.05, 3.63) is 83.9 Å². The first-order valence-electron chi connectivity index (χ1n) is 9.86. The van der Waals surface area contributed by atoms with Crippen molar-refractivity contribution in [1.29, 1.82) is 0 Å². The second-order valence-electron chi connectivity index (χ2n) is 7.94. The first-order valence-corrected chi connectivity index (χ1v) is 9.86. The van der Waals surface area contributed by atoms with E-state index in [2.05, 4.69) is 36.4 Å². The molecule has 0 aromatic heterocycles. The van der Waals surface area contributed by atoms with Gasteiger partial charge in [0.1, 0.15) is 0 Å². The van der Waals surface area contributed by atoms with Crippen molar-refractivity contribution in [2.75, 3.05) is 27.2 Å². The van der Waals surface area contributed by atoms with Crippen molar-refractivity contribution in [2.45, 2.75) is 11.8 Å². The van der Waals surface area contributed by atoms with Gasteiger partial charge in [-0.1, -0.05) is 72.8 Å². The van der Waals surface area contributed by atoms with Crippen LogP contribution in [0.25, 0.3) is 0 Å². The van der Waals surface area contributed by atoms with Gasteiger partial charge < -0.3 is 4.90 Å². The number of carbonyl (C=O) groups excluding carboxylic acids is 2. The molecule has 0 saturated carbocycles. The topological polar surface area (TPSA) is 40.6 Å². The Kier molecular flexibility index (Phi) is 5.14. The molecule has 4 rings (SSSR count). The molecule has 1 aliphatic heterocycles. The van der Waals surface area contributed by atoms with Crippen molar-refractivity contribution < 1.29 is 9.59 Å². The summed E-state index contributed by atoms with van der Waals surface area (Å²) < 4.78 is 0. The van der Waals surface area contributed by atoms with E-state index in [1.165, 1.54) is 4.90 Å². The molecule has 4 atom stereocenters. The summed E-state index contributed by atoms with van der Waals surface area (Å²) in [7, 11) is 3.92. The molecular formula is C24H26N2O2. The minimum atomic E-state index is -0.340. The zero-order chi connectivity index (χ0) is 19.7. The van der Waals surface area contributed by atoms with Crippen LogP contribution in [0.4, 0.5) is 0 Å². The van der Waals surface area contributed by atoms with Crippen molar-refractivity contribution in [1.82, 2.24) is 9.80 Å². The zero-order valence-corrected chi connectivity index (χ0v) is 16.4. The quantitative estimate of drug-likeness (QED) is 0.596. The first kappa shape index (κ1) is 18.6. The third kappa shape index (κ3) is 3.29. The molecular weight excluding hydrogens is 348 g/mol. The van der Waals surface area contributed by atoms with Gasteiger partial charge in [-0.3, -0.25) is 14.5 Å². The molecule has 2 aromatic rings. The van der Waals surface area contributed by atoms with Crippen molar-refractivity contribution in [3.8, 4) is 0 Å². The predicted molar refractivity (Wildman–Crippen MR) is 110 cm³/mol. The fraction of sp³-hybridized carbons (Fsp3) is 0.333. The van der Waals surface area contributed by atoms with Crippen LogP contribution in [0.2, 0.25) is 0 Å². The lowest BCUT2D eigenvalue weighted by Crippen LogP contribution is -2.37. The van der Waals surface area contributed by atoms with Gasteiger partial charge in [0, 0.05) is 24.9 Å². The molecule has 4 nitrogen and oxygen atoms in total. The zero-order valence-electron chi connectivity index (χ0n) is 16.4. The molecule has 1 aliphatic carbocycles. The van der Waals surface area contributed by atoms with E-state index >= 15 is 0 Å². The summed E-state index contributed by atoms with van der Waals surface area (Å²) >= 11 is 0. The number of allylic oxidation sites excluding steroid dienone is 2. The lowest BCUT2D eigenvalue weighted by molar-refractivity contribution is -0.140. The van der Waals surface area contributed by atoms with Crippen LogP contribution in [-0.2, 0) is 9.59 Å². The van der Waals surface area contributed by atoms with E-state index in [0.717, 1.165) is 11.1 Å². The van der Waals surface area contributed by atoms with Crippen molar-refractivity contribution in [3.63, 3.8) is 0 Å². The number of rotatable bonds is 5. The van der Waals surface area contributed by atoms with E-state index in [1.807, 2.05) is 55.4 Å². The summed E-state index contributed by atoms with van der Waals surface area (Å²) in [5.74, 6) is -0.870. The van der Waals surface area contributed by atoms with Gasteiger partial charge in [0.05, 0.1) is 11.8 Å². The molecule has 1 fully saturated rings. The normalized spacial score (nSPS) is 26.8. The third-order valence-electron chi connectivity index (χ3n) is 5.93. The molecule has 0 bridgehead atoms. The second-order valence-corrected chi connectivity index (χ2v) is 7.94. The van der Waals surface area contributed by atoms with E-state index in [4.69, 9.17) is 0 Å². The SMILES string of the molecule is CN(C)CCN1C(=O)[C@@H]2[C@@H](C1=O)[C@H](c1ccccc1)C=C[C@@H]2c1ccccc1. The van der Waals surface area contributed by atoms with Crippen LogP contribution in [0.5, 0.6) is 0 Å². The number of hydrogen-bond acceptors (Lipinski definition) is 3. The third-order valence-corrected chi connectivity index (χ3v) is 5.93. The predicted octanol–water partition coefficient (Wildman–Crippen LogP) is 3.29. The highest BCUT2D eigenvalue weighted by Gasteiger charge is 2.54. The largest absolute Gasteiger partial charge is 0.308 e. The fourth-order valence-electron chi connectivity index (χ4n) is 4.52. The summed E-state index contributed by atoms with van der Waals surface area (Å²) in [6, 6.07) is 20.1. The van der Waals surface area contributed by atoms with Gasteiger partial charge in [0.25, 0.3) is 0 Å². The highest BCUT2D eigenvalue weighted by molar-refractivity contribution is 6.06. The van der Waals surface area contributed by atoms with Gasteiger partial charge in [-0.15, -0.1) is 0 Å². The average molecular weight is 374 g/mol. The van der Waals surface area contributed by atoms with Crippen molar-refractivity contribution in [2.24, 2.45) is 11.8 Å². The van der Waals surface area contributed by atoms with Crippen molar-refractivity contribution >= 4 is 11.8 Å². The highest BCUT2D eigenvalue weighted by Crippen LogP contribution is 2.49. The fourth-order valence-corrected chi connectivity index (χ4v) is 4.52. The molecule has 0 radical (unpaired) electrons. The van der Waals surface area contributed by atoms with Gasteiger partial charge in [-0.05, 0) is 25.2 Å². The molecule has 0 spiro atoms. The Labute approximate surface area is 166 Å². The molecule has 2 aliphatic rings. The van der Waals surface area contributed by atoms with Gasteiger partial charge in [0.2, 0.25) is 11.8 Å². The Morgan fingerprint density at radius 2 is 1.18 bits per heavy atom.